The third-order valence-corrected chi connectivity index (χ3v) is 4.29. The van der Waals surface area contributed by atoms with Gasteiger partial charge in [0.05, 0.1) is 12.8 Å². The molecule has 2 aromatic carbocycles. The molecule has 0 aliphatic rings. The molecule has 21 heavy (non-hydrogen) atoms. The van der Waals surface area contributed by atoms with E-state index in [0.29, 0.717) is 17.0 Å². The van der Waals surface area contributed by atoms with Crippen LogP contribution < -0.4 is 9.46 Å². The van der Waals surface area contributed by atoms with Crippen molar-refractivity contribution in [1.82, 2.24) is 10.3 Å². The van der Waals surface area contributed by atoms with Crippen LogP contribution in [0, 0.1) is 0 Å². The van der Waals surface area contributed by atoms with Gasteiger partial charge in [-0.15, -0.1) is 0 Å². The Morgan fingerprint density at radius 2 is 1.90 bits per heavy atom. The largest absolute Gasteiger partial charge is 0.495 e. The quantitative estimate of drug-likeness (QED) is 0.792. The van der Waals surface area contributed by atoms with Gasteiger partial charge in [-0.3, -0.25) is 4.72 Å². The molecule has 3 aromatic rings. The van der Waals surface area contributed by atoms with Gasteiger partial charge in [0.15, 0.2) is 5.52 Å². The first kappa shape index (κ1) is 13.4. The van der Waals surface area contributed by atoms with Crippen molar-refractivity contribution in [2.45, 2.75) is 4.90 Å². The summed E-state index contributed by atoms with van der Waals surface area (Å²) in [5, 5.41) is 7.26. The highest BCUT2D eigenvalue weighted by Gasteiger charge is 2.21. The molecule has 0 bridgehead atoms. The third-order valence-electron chi connectivity index (χ3n) is 2.89. The first-order chi connectivity index (χ1) is 10.1. The maximum absolute atomic E-state index is 12.5. The van der Waals surface area contributed by atoms with Gasteiger partial charge in [-0.05, 0) is 34.6 Å². The van der Waals surface area contributed by atoms with Gasteiger partial charge < -0.3 is 4.74 Å². The molecule has 1 heterocycles. The number of aromatic nitrogens is 2. The van der Waals surface area contributed by atoms with Gasteiger partial charge >= 0.3 is 0 Å². The SMILES string of the molecule is COc1ccccc1NS(=O)(=O)c1cccc2nonc12. The van der Waals surface area contributed by atoms with E-state index in [2.05, 4.69) is 19.7 Å². The van der Waals surface area contributed by atoms with E-state index >= 15 is 0 Å². The van der Waals surface area contributed by atoms with Crippen LogP contribution in [0.1, 0.15) is 0 Å². The van der Waals surface area contributed by atoms with Gasteiger partial charge in [0.2, 0.25) is 0 Å². The number of para-hydroxylation sites is 2. The average molecular weight is 305 g/mol. The van der Waals surface area contributed by atoms with E-state index in [0.717, 1.165) is 0 Å². The van der Waals surface area contributed by atoms with Gasteiger partial charge in [-0.2, -0.15) is 0 Å². The number of nitrogens with one attached hydrogen (secondary N) is 1. The maximum Gasteiger partial charge on any atom is 0.264 e. The molecule has 0 spiro atoms. The van der Waals surface area contributed by atoms with Crippen LogP contribution >= 0.6 is 0 Å². The second-order valence-corrected chi connectivity index (χ2v) is 5.84. The van der Waals surface area contributed by atoms with E-state index in [1.54, 1.807) is 36.4 Å². The monoisotopic (exact) mass is 305 g/mol. The van der Waals surface area contributed by atoms with E-state index in [4.69, 9.17) is 4.74 Å². The minimum absolute atomic E-state index is 0.00726. The molecule has 1 aromatic heterocycles. The zero-order valence-electron chi connectivity index (χ0n) is 11.0. The Bertz CT molecular complexity index is 889. The summed E-state index contributed by atoms with van der Waals surface area (Å²) < 4.78 is 37.2. The highest BCUT2D eigenvalue weighted by atomic mass is 32.2. The van der Waals surface area contributed by atoms with E-state index in [-0.39, 0.29) is 10.4 Å². The van der Waals surface area contributed by atoms with Crippen molar-refractivity contribution in [3.63, 3.8) is 0 Å². The molecule has 0 atom stereocenters. The Hall–Kier alpha value is -2.61. The lowest BCUT2D eigenvalue weighted by atomic mass is 10.3. The summed E-state index contributed by atoms with van der Waals surface area (Å²) in [5.74, 6) is 0.423. The number of benzene rings is 2. The number of methoxy groups -OCH3 is 1. The second kappa shape index (κ2) is 5.06. The fraction of sp³-hybridized carbons (Fsp3) is 0.0769. The molecule has 0 saturated carbocycles. The third kappa shape index (κ3) is 2.40. The molecule has 3 rings (SSSR count). The van der Waals surface area contributed by atoms with Crippen LogP contribution in [0.4, 0.5) is 5.69 Å². The molecule has 0 fully saturated rings. The van der Waals surface area contributed by atoms with Gasteiger partial charge in [-0.1, -0.05) is 18.2 Å². The summed E-state index contributed by atoms with van der Waals surface area (Å²) in [4.78, 5) is -0.00726. The van der Waals surface area contributed by atoms with E-state index < -0.39 is 10.0 Å². The van der Waals surface area contributed by atoms with Crippen LogP contribution in [0.5, 0.6) is 5.75 Å². The normalized spacial score (nSPS) is 11.5. The Balaban J connectivity index is 2.07. The van der Waals surface area contributed by atoms with Crippen LogP contribution in [0.25, 0.3) is 11.0 Å². The summed E-state index contributed by atoms with van der Waals surface area (Å²) >= 11 is 0. The summed E-state index contributed by atoms with van der Waals surface area (Å²) in [7, 11) is -2.37. The van der Waals surface area contributed by atoms with Crippen molar-refractivity contribution in [3.05, 3.63) is 42.5 Å². The standard InChI is InChI=1S/C13H11N3O4S/c1-19-11-7-3-2-5-9(11)16-21(17,18)12-8-4-6-10-13(12)15-20-14-10/h2-8,16H,1H3. The van der Waals surface area contributed by atoms with Gasteiger partial charge in [0.1, 0.15) is 16.2 Å². The summed E-state index contributed by atoms with van der Waals surface area (Å²) in [6.07, 6.45) is 0. The number of fused-ring (bicyclic) bond motifs is 1. The number of hydrogen-bond acceptors (Lipinski definition) is 6. The molecule has 8 heteroatoms. The van der Waals surface area contributed by atoms with Gasteiger partial charge in [-0.25, -0.2) is 13.0 Å². The molecule has 1 N–H and O–H groups in total. The molecule has 0 saturated heterocycles. The number of hydrogen-bond donors (Lipinski definition) is 1. The number of sulfonamides is 1. The predicted octanol–water partition coefficient (Wildman–Crippen LogP) is 2.03. The van der Waals surface area contributed by atoms with Crippen molar-refractivity contribution in [2.75, 3.05) is 11.8 Å². The number of ether oxygens (including phenoxy) is 1. The fourth-order valence-electron chi connectivity index (χ4n) is 1.93. The van der Waals surface area contributed by atoms with Crippen LogP contribution in [0.3, 0.4) is 0 Å². The molecule has 0 radical (unpaired) electrons. The first-order valence-corrected chi connectivity index (χ1v) is 7.47. The lowest BCUT2D eigenvalue weighted by molar-refractivity contribution is 0.315. The van der Waals surface area contributed by atoms with Gasteiger partial charge in [0.25, 0.3) is 10.0 Å². The fourth-order valence-corrected chi connectivity index (χ4v) is 3.15. The number of nitrogens with zero attached hydrogens (tertiary/aromatic N) is 2. The van der Waals surface area contributed by atoms with Crippen LogP contribution in [-0.4, -0.2) is 25.8 Å². The van der Waals surface area contributed by atoms with E-state index in [1.165, 1.54) is 13.2 Å². The Morgan fingerprint density at radius 1 is 1.10 bits per heavy atom. The van der Waals surface area contributed by atoms with Crippen LogP contribution in [0.2, 0.25) is 0 Å². The molecule has 7 nitrogen and oxygen atoms in total. The maximum atomic E-state index is 12.5. The van der Waals surface area contributed by atoms with Crippen molar-refractivity contribution in [1.29, 1.82) is 0 Å². The zero-order chi connectivity index (χ0) is 14.9. The molecular weight excluding hydrogens is 294 g/mol. The molecule has 0 aliphatic carbocycles. The molecular formula is C13H11N3O4S. The van der Waals surface area contributed by atoms with E-state index in [9.17, 15) is 8.42 Å². The second-order valence-electron chi connectivity index (χ2n) is 4.19. The van der Waals surface area contributed by atoms with Crippen molar-refractivity contribution >= 4 is 26.7 Å². The minimum atomic E-state index is -3.83. The molecule has 108 valence electrons. The predicted molar refractivity (Wildman–Crippen MR) is 75.6 cm³/mol. The highest BCUT2D eigenvalue weighted by molar-refractivity contribution is 7.93. The lowest BCUT2D eigenvalue weighted by Crippen LogP contribution is -2.14. The minimum Gasteiger partial charge on any atom is -0.495 e. The van der Waals surface area contributed by atoms with Crippen molar-refractivity contribution in [2.24, 2.45) is 0 Å². The Morgan fingerprint density at radius 3 is 2.71 bits per heavy atom. The summed E-state index contributed by atoms with van der Waals surface area (Å²) in [6, 6.07) is 11.4. The average Bonchev–Trinajstić information content (AvgIpc) is 2.95. The highest BCUT2D eigenvalue weighted by Crippen LogP contribution is 2.28. The first-order valence-electron chi connectivity index (χ1n) is 5.99. The number of anilines is 1. The van der Waals surface area contributed by atoms with Crippen molar-refractivity contribution < 1.29 is 17.8 Å². The molecule has 0 amide bonds. The smallest absolute Gasteiger partial charge is 0.264 e. The number of rotatable bonds is 4. The van der Waals surface area contributed by atoms with Crippen molar-refractivity contribution in [3.8, 4) is 5.75 Å². The molecule has 0 aliphatic heterocycles. The van der Waals surface area contributed by atoms with Crippen LogP contribution in [-0.2, 0) is 10.0 Å². The van der Waals surface area contributed by atoms with E-state index in [1.807, 2.05) is 0 Å². The zero-order valence-corrected chi connectivity index (χ0v) is 11.8. The summed E-state index contributed by atoms with van der Waals surface area (Å²) in [5.41, 5.74) is 0.895. The Kier molecular flexibility index (Phi) is 3.22. The summed E-state index contributed by atoms with van der Waals surface area (Å²) in [6.45, 7) is 0. The topological polar surface area (TPSA) is 94.3 Å². The van der Waals surface area contributed by atoms with Gasteiger partial charge in [0, 0.05) is 0 Å². The Labute approximate surface area is 120 Å². The van der Waals surface area contributed by atoms with Crippen LogP contribution in [0.15, 0.2) is 52.0 Å². The lowest BCUT2D eigenvalue weighted by Gasteiger charge is -2.11. The molecule has 0 unspecified atom stereocenters.